The third-order valence-electron chi connectivity index (χ3n) is 3.33. The summed E-state index contributed by atoms with van der Waals surface area (Å²) in [6, 6.07) is 9.43. The minimum atomic E-state index is -0.0967. The van der Waals surface area contributed by atoms with Crippen LogP contribution in [0.3, 0.4) is 0 Å². The van der Waals surface area contributed by atoms with E-state index in [1.54, 1.807) is 4.90 Å². The molecule has 0 saturated carbocycles. The van der Waals surface area contributed by atoms with Crippen LogP contribution in [0.25, 0.3) is 0 Å². The van der Waals surface area contributed by atoms with Gasteiger partial charge < -0.3 is 20.3 Å². The first kappa shape index (κ1) is 18.8. The van der Waals surface area contributed by atoms with Crippen molar-refractivity contribution >= 4 is 11.9 Å². The summed E-state index contributed by atoms with van der Waals surface area (Å²) in [4.78, 5) is 25.0. The van der Waals surface area contributed by atoms with Crippen LogP contribution < -0.4 is 15.4 Å². The molecule has 0 fully saturated rings. The number of rotatable bonds is 10. The minimum absolute atomic E-state index is 0.0289. The smallest absolute Gasteiger partial charge is 0.317 e. The maximum absolute atomic E-state index is 11.7. The lowest BCUT2D eigenvalue weighted by Gasteiger charge is -2.19. The first-order chi connectivity index (χ1) is 11.2. The largest absolute Gasteiger partial charge is 0.494 e. The van der Waals surface area contributed by atoms with Gasteiger partial charge in [0.1, 0.15) is 5.75 Å². The molecule has 0 spiro atoms. The summed E-state index contributed by atoms with van der Waals surface area (Å²) >= 11 is 0. The number of nitrogens with zero attached hydrogens (tertiary/aromatic N) is 1. The molecule has 0 atom stereocenters. The van der Waals surface area contributed by atoms with Gasteiger partial charge in [0, 0.05) is 32.6 Å². The van der Waals surface area contributed by atoms with E-state index in [-0.39, 0.29) is 11.9 Å². The Labute approximate surface area is 138 Å². The van der Waals surface area contributed by atoms with Gasteiger partial charge in [-0.1, -0.05) is 18.2 Å². The second-order valence-electron chi connectivity index (χ2n) is 5.02. The van der Waals surface area contributed by atoms with Crippen molar-refractivity contribution in [1.82, 2.24) is 15.5 Å². The Morgan fingerprint density at radius 3 is 2.35 bits per heavy atom. The molecule has 0 aliphatic rings. The Balaban J connectivity index is 2.03. The molecule has 0 radical (unpaired) electrons. The molecule has 6 nitrogen and oxygen atoms in total. The molecule has 0 unspecified atom stereocenters. The van der Waals surface area contributed by atoms with Crippen LogP contribution in [0.2, 0.25) is 0 Å². The summed E-state index contributed by atoms with van der Waals surface area (Å²) in [5.41, 5.74) is 0. The number of benzene rings is 1. The van der Waals surface area contributed by atoms with E-state index in [2.05, 4.69) is 10.6 Å². The van der Waals surface area contributed by atoms with Crippen molar-refractivity contribution in [2.45, 2.75) is 26.7 Å². The van der Waals surface area contributed by atoms with Gasteiger partial charge in [0.2, 0.25) is 5.91 Å². The number of para-hydroxylation sites is 1. The first-order valence-corrected chi connectivity index (χ1v) is 8.14. The van der Waals surface area contributed by atoms with Crippen molar-refractivity contribution in [1.29, 1.82) is 0 Å². The zero-order valence-corrected chi connectivity index (χ0v) is 14.0. The molecule has 1 rings (SSSR count). The van der Waals surface area contributed by atoms with Crippen molar-refractivity contribution in [2.24, 2.45) is 0 Å². The summed E-state index contributed by atoms with van der Waals surface area (Å²) in [5, 5.41) is 5.56. The fourth-order valence-electron chi connectivity index (χ4n) is 2.02. The van der Waals surface area contributed by atoms with Gasteiger partial charge in [-0.3, -0.25) is 4.79 Å². The molecule has 0 aliphatic heterocycles. The molecule has 23 heavy (non-hydrogen) atoms. The van der Waals surface area contributed by atoms with Crippen LogP contribution in [0.15, 0.2) is 30.3 Å². The van der Waals surface area contributed by atoms with Crippen LogP contribution in [0, 0.1) is 0 Å². The molecule has 6 heteroatoms. The number of urea groups is 1. The van der Waals surface area contributed by atoms with Crippen LogP contribution in [0.5, 0.6) is 5.75 Å². The van der Waals surface area contributed by atoms with E-state index in [0.717, 1.165) is 5.75 Å². The third kappa shape index (κ3) is 8.09. The number of ether oxygens (including phenoxy) is 1. The van der Waals surface area contributed by atoms with E-state index in [1.807, 2.05) is 44.2 Å². The van der Waals surface area contributed by atoms with Crippen molar-refractivity contribution < 1.29 is 14.3 Å². The predicted octanol–water partition coefficient (Wildman–Crippen LogP) is 2.01. The van der Waals surface area contributed by atoms with Crippen molar-refractivity contribution in [3.8, 4) is 5.75 Å². The molecular formula is C17H27N3O3. The van der Waals surface area contributed by atoms with Gasteiger partial charge >= 0.3 is 6.03 Å². The fraction of sp³-hybridized carbons (Fsp3) is 0.529. The predicted molar refractivity (Wildman–Crippen MR) is 90.5 cm³/mol. The standard InChI is InChI=1S/C17H27N3O3/c1-3-20(4-2)17(22)19-13-12-18-16(21)11-8-14-23-15-9-6-5-7-10-15/h5-7,9-10H,3-4,8,11-14H2,1-2H3,(H,18,21)(H,19,22). The van der Waals surface area contributed by atoms with Gasteiger partial charge in [-0.05, 0) is 32.4 Å². The van der Waals surface area contributed by atoms with Gasteiger partial charge in [0.05, 0.1) is 6.61 Å². The van der Waals surface area contributed by atoms with E-state index < -0.39 is 0 Å². The molecule has 1 aromatic rings. The highest BCUT2D eigenvalue weighted by molar-refractivity contribution is 5.76. The van der Waals surface area contributed by atoms with Gasteiger partial charge in [0.15, 0.2) is 0 Å². The average molecular weight is 321 g/mol. The third-order valence-corrected chi connectivity index (χ3v) is 3.33. The topological polar surface area (TPSA) is 70.7 Å². The summed E-state index contributed by atoms with van der Waals surface area (Å²) in [5.74, 6) is 0.783. The van der Waals surface area contributed by atoms with Crippen molar-refractivity contribution in [3.05, 3.63) is 30.3 Å². The first-order valence-electron chi connectivity index (χ1n) is 8.14. The van der Waals surface area contributed by atoms with E-state index in [1.165, 1.54) is 0 Å². The van der Waals surface area contributed by atoms with Crippen LogP contribution in [-0.4, -0.2) is 49.6 Å². The fourth-order valence-corrected chi connectivity index (χ4v) is 2.02. The number of hydrogen-bond donors (Lipinski definition) is 2. The lowest BCUT2D eigenvalue weighted by Crippen LogP contribution is -2.42. The van der Waals surface area contributed by atoms with Crippen LogP contribution in [-0.2, 0) is 4.79 Å². The summed E-state index contributed by atoms with van der Waals surface area (Å²) in [6.45, 7) is 6.60. The highest BCUT2D eigenvalue weighted by Gasteiger charge is 2.07. The van der Waals surface area contributed by atoms with Crippen LogP contribution in [0.4, 0.5) is 4.79 Å². The molecule has 0 aliphatic carbocycles. The van der Waals surface area contributed by atoms with E-state index in [0.29, 0.717) is 45.6 Å². The second-order valence-corrected chi connectivity index (χ2v) is 5.02. The number of carbonyl (C=O) groups is 2. The molecular weight excluding hydrogens is 294 g/mol. The molecule has 1 aromatic carbocycles. The molecule has 0 bridgehead atoms. The number of nitrogens with one attached hydrogen (secondary N) is 2. The van der Waals surface area contributed by atoms with E-state index in [4.69, 9.17) is 4.74 Å². The number of amides is 3. The molecule has 0 saturated heterocycles. The number of carbonyl (C=O) groups excluding carboxylic acids is 2. The lowest BCUT2D eigenvalue weighted by atomic mass is 10.3. The molecule has 3 amide bonds. The normalized spacial score (nSPS) is 10.0. The summed E-state index contributed by atoms with van der Waals surface area (Å²) < 4.78 is 5.52. The van der Waals surface area contributed by atoms with Crippen molar-refractivity contribution in [3.63, 3.8) is 0 Å². The number of hydrogen-bond acceptors (Lipinski definition) is 3. The van der Waals surface area contributed by atoms with Gasteiger partial charge in [-0.2, -0.15) is 0 Å². The SMILES string of the molecule is CCN(CC)C(=O)NCCNC(=O)CCCOc1ccccc1. The Morgan fingerprint density at radius 2 is 1.70 bits per heavy atom. The Kier molecular flexibility index (Phi) is 9.28. The summed E-state index contributed by atoms with van der Waals surface area (Å²) in [7, 11) is 0. The van der Waals surface area contributed by atoms with Crippen LogP contribution >= 0.6 is 0 Å². The minimum Gasteiger partial charge on any atom is -0.494 e. The quantitative estimate of drug-likeness (QED) is 0.648. The highest BCUT2D eigenvalue weighted by atomic mass is 16.5. The maximum Gasteiger partial charge on any atom is 0.317 e. The Morgan fingerprint density at radius 1 is 1.04 bits per heavy atom. The highest BCUT2D eigenvalue weighted by Crippen LogP contribution is 2.08. The van der Waals surface area contributed by atoms with E-state index in [9.17, 15) is 9.59 Å². The zero-order chi connectivity index (χ0) is 16.9. The second kappa shape index (κ2) is 11.3. The molecule has 0 heterocycles. The lowest BCUT2D eigenvalue weighted by molar-refractivity contribution is -0.121. The molecule has 128 valence electrons. The van der Waals surface area contributed by atoms with Gasteiger partial charge in [-0.25, -0.2) is 4.79 Å². The Hall–Kier alpha value is -2.24. The monoisotopic (exact) mass is 321 g/mol. The van der Waals surface area contributed by atoms with Gasteiger partial charge in [0.25, 0.3) is 0 Å². The van der Waals surface area contributed by atoms with Crippen LogP contribution in [0.1, 0.15) is 26.7 Å². The zero-order valence-electron chi connectivity index (χ0n) is 14.0. The van der Waals surface area contributed by atoms with Crippen molar-refractivity contribution in [2.75, 3.05) is 32.8 Å². The average Bonchev–Trinajstić information content (AvgIpc) is 2.57. The Bertz CT molecular complexity index is 461. The maximum atomic E-state index is 11.7. The molecule has 0 aromatic heterocycles. The molecule has 2 N–H and O–H groups in total. The summed E-state index contributed by atoms with van der Waals surface area (Å²) in [6.07, 6.45) is 1.07. The van der Waals surface area contributed by atoms with E-state index >= 15 is 0 Å². The van der Waals surface area contributed by atoms with Gasteiger partial charge in [-0.15, -0.1) is 0 Å².